The minimum Gasteiger partial charge on any atom is -0.442 e. The third kappa shape index (κ3) is 4.31. The molecule has 0 aromatic heterocycles. The summed E-state index contributed by atoms with van der Waals surface area (Å²) in [7, 11) is 0. The number of hydrogen-bond donors (Lipinski definition) is 1. The summed E-state index contributed by atoms with van der Waals surface area (Å²) in [6, 6.07) is 9.21. The number of para-hydroxylation sites is 1. The minimum absolute atomic E-state index is 0.210. The Kier molecular flexibility index (Phi) is 4.41. The fourth-order valence-electron chi connectivity index (χ4n) is 1.15. The van der Waals surface area contributed by atoms with Crippen LogP contribution in [0.15, 0.2) is 42.5 Å². The van der Waals surface area contributed by atoms with E-state index in [4.69, 9.17) is 4.74 Å². The number of allylic oxidation sites excluding steroid dienone is 1. The zero-order valence-corrected chi connectivity index (χ0v) is 8.94. The molecule has 0 heterocycles. The highest BCUT2D eigenvalue weighted by atomic mass is 16.6. The number of ether oxygens (including phenoxy) is 1. The van der Waals surface area contributed by atoms with Gasteiger partial charge in [-0.05, 0) is 32.1 Å². The van der Waals surface area contributed by atoms with Crippen molar-refractivity contribution in [3.8, 4) is 0 Å². The molecule has 0 unspecified atom stereocenters. The lowest BCUT2D eigenvalue weighted by Gasteiger charge is -2.10. The molecule has 1 atom stereocenters. The normalized spacial score (nSPS) is 12.4. The van der Waals surface area contributed by atoms with Crippen LogP contribution in [0, 0.1) is 0 Å². The zero-order valence-electron chi connectivity index (χ0n) is 8.94. The molecular weight excluding hydrogens is 190 g/mol. The van der Waals surface area contributed by atoms with Gasteiger partial charge in [-0.15, -0.1) is 0 Å². The highest BCUT2D eigenvalue weighted by Crippen LogP contribution is 2.06. The standard InChI is InChI=1S/C12H15NO2/c1-3-7-10(2)15-12(14)13-11-8-5-4-6-9-11/h3-10H,1-2H3,(H,13,14)/b7-3-/t10-/m1/s1. The Labute approximate surface area is 89.8 Å². The van der Waals surface area contributed by atoms with E-state index in [2.05, 4.69) is 5.32 Å². The molecule has 0 bridgehead atoms. The predicted octanol–water partition coefficient (Wildman–Crippen LogP) is 3.20. The molecule has 0 saturated heterocycles. The highest BCUT2D eigenvalue weighted by molar-refractivity contribution is 5.84. The summed E-state index contributed by atoms with van der Waals surface area (Å²) in [6.45, 7) is 3.69. The van der Waals surface area contributed by atoms with Crippen LogP contribution in [0.2, 0.25) is 0 Å². The van der Waals surface area contributed by atoms with Crippen LogP contribution in [0.5, 0.6) is 0 Å². The van der Waals surface area contributed by atoms with E-state index in [0.717, 1.165) is 5.69 Å². The number of rotatable bonds is 3. The first kappa shape index (κ1) is 11.3. The molecule has 0 aliphatic carbocycles. The summed E-state index contributed by atoms with van der Waals surface area (Å²) < 4.78 is 5.06. The van der Waals surface area contributed by atoms with Gasteiger partial charge in [0.2, 0.25) is 0 Å². The lowest BCUT2D eigenvalue weighted by atomic mass is 10.3. The van der Waals surface area contributed by atoms with Gasteiger partial charge in [0.15, 0.2) is 0 Å². The van der Waals surface area contributed by atoms with Crippen molar-refractivity contribution in [2.24, 2.45) is 0 Å². The van der Waals surface area contributed by atoms with Crippen molar-refractivity contribution in [3.05, 3.63) is 42.5 Å². The number of anilines is 1. The van der Waals surface area contributed by atoms with E-state index in [1.165, 1.54) is 0 Å². The largest absolute Gasteiger partial charge is 0.442 e. The van der Waals surface area contributed by atoms with E-state index in [0.29, 0.717) is 0 Å². The quantitative estimate of drug-likeness (QED) is 0.769. The molecule has 0 radical (unpaired) electrons. The lowest BCUT2D eigenvalue weighted by Crippen LogP contribution is -2.18. The van der Waals surface area contributed by atoms with Crippen LogP contribution in [0.1, 0.15) is 13.8 Å². The third-order valence-corrected chi connectivity index (χ3v) is 1.78. The minimum atomic E-state index is -0.438. The van der Waals surface area contributed by atoms with Crippen molar-refractivity contribution >= 4 is 11.8 Å². The summed E-state index contributed by atoms with van der Waals surface area (Å²) in [6.07, 6.45) is 3.01. The molecule has 1 N–H and O–H groups in total. The van der Waals surface area contributed by atoms with Crippen LogP contribution in [0.4, 0.5) is 10.5 Å². The zero-order chi connectivity index (χ0) is 11.1. The van der Waals surface area contributed by atoms with E-state index in [1.54, 1.807) is 0 Å². The van der Waals surface area contributed by atoms with Crippen molar-refractivity contribution in [2.75, 3.05) is 5.32 Å². The number of hydrogen-bond acceptors (Lipinski definition) is 2. The maximum atomic E-state index is 11.3. The number of nitrogens with one attached hydrogen (secondary N) is 1. The molecule has 0 spiro atoms. The van der Waals surface area contributed by atoms with E-state index in [9.17, 15) is 4.79 Å². The highest BCUT2D eigenvalue weighted by Gasteiger charge is 2.05. The fourth-order valence-corrected chi connectivity index (χ4v) is 1.15. The average Bonchev–Trinajstić information content (AvgIpc) is 2.19. The number of benzene rings is 1. The van der Waals surface area contributed by atoms with Crippen molar-refractivity contribution < 1.29 is 9.53 Å². The SMILES string of the molecule is C/C=C\[C@@H](C)OC(=O)Nc1ccccc1. The van der Waals surface area contributed by atoms with Crippen molar-refractivity contribution in [1.82, 2.24) is 0 Å². The fraction of sp³-hybridized carbons (Fsp3) is 0.250. The molecule has 0 aliphatic rings. The molecule has 1 amide bonds. The maximum Gasteiger partial charge on any atom is 0.412 e. The van der Waals surface area contributed by atoms with Gasteiger partial charge in [0.1, 0.15) is 6.10 Å². The molecule has 0 fully saturated rings. The number of carbonyl (C=O) groups is 1. The van der Waals surface area contributed by atoms with Crippen molar-refractivity contribution in [3.63, 3.8) is 0 Å². The summed E-state index contributed by atoms with van der Waals surface area (Å²) >= 11 is 0. The first-order valence-corrected chi connectivity index (χ1v) is 4.88. The molecule has 1 rings (SSSR count). The van der Waals surface area contributed by atoms with Crippen LogP contribution in [0.25, 0.3) is 0 Å². The smallest absolute Gasteiger partial charge is 0.412 e. The van der Waals surface area contributed by atoms with Gasteiger partial charge in [0.05, 0.1) is 0 Å². The maximum absolute atomic E-state index is 11.3. The topological polar surface area (TPSA) is 38.3 Å². The van der Waals surface area contributed by atoms with Gasteiger partial charge in [-0.2, -0.15) is 0 Å². The Balaban J connectivity index is 2.43. The van der Waals surface area contributed by atoms with Crippen LogP contribution < -0.4 is 5.32 Å². The summed E-state index contributed by atoms with van der Waals surface area (Å²) in [5.41, 5.74) is 0.732. The Hall–Kier alpha value is -1.77. The third-order valence-electron chi connectivity index (χ3n) is 1.78. The molecule has 80 valence electrons. The van der Waals surface area contributed by atoms with Crippen LogP contribution in [-0.4, -0.2) is 12.2 Å². The van der Waals surface area contributed by atoms with Gasteiger partial charge in [0.25, 0.3) is 0 Å². The molecule has 15 heavy (non-hydrogen) atoms. The molecule has 0 saturated carbocycles. The van der Waals surface area contributed by atoms with Crippen molar-refractivity contribution in [2.45, 2.75) is 20.0 Å². The van der Waals surface area contributed by atoms with Crippen molar-refractivity contribution in [1.29, 1.82) is 0 Å². The first-order chi connectivity index (χ1) is 7.22. The second-order valence-corrected chi connectivity index (χ2v) is 3.13. The Morgan fingerprint density at radius 3 is 2.67 bits per heavy atom. The average molecular weight is 205 g/mol. The van der Waals surface area contributed by atoms with E-state index >= 15 is 0 Å². The van der Waals surface area contributed by atoms with Crippen LogP contribution in [-0.2, 0) is 4.74 Å². The Bertz CT molecular complexity index is 333. The molecule has 3 nitrogen and oxygen atoms in total. The summed E-state index contributed by atoms with van der Waals surface area (Å²) in [4.78, 5) is 11.3. The second kappa shape index (κ2) is 5.86. The molecule has 1 aromatic rings. The predicted molar refractivity (Wildman–Crippen MR) is 60.8 cm³/mol. The van der Waals surface area contributed by atoms with Crippen LogP contribution >= 0.6 is 0 Å². The van der Waals surface area contributed by atoms with Gasteiger partial charge in [-0.1, -0.05) is 24.3 Å². The van der Waals surface area contributed by atoms with Gasteiger partial charge in [0, 0.05) is 5.69 Å². The van der Waals surface area contributed by atoms with Gasteiger partial charge < -0.3 is 4.74 Å². The van der Waals surface area contributed by atoms with E-state index < -0.39 is 6.09 Å². The number of carbonyl (C=O) groups excluding carboxylic acids is 1. The molecule has 1 aromatic carbocycles. The second-order valence-electron chi connectivity index (χ2n) is 3.13. The van der Waals surface area contributed by atoms with E-state index in [-0.39, 0.29) is 6.10 Å². The Morgan fingerprint density at radius 1 is 1.40 bits per heavy atom. The van der Waals surface area contributed by atoms with E-state index in [1.807, 2.05) is 56.3 Å². The molecular formula is C12H15NO2. The molecule has 0 aliphatic heterocycles. The van der Waals surface area contributed by atoms with Gasteiger partial charge in [-0.25, -0.2) is 4.79 Å². The number of amides is 1. The summed E-state index contributed by atoms with van der Waals surface area (Å²) in [5.74, 6) is 0. The Morgan fingerprint density at radius 2 is 2.07 bits per heavy atom. The monoisotopic (exact) mass is 205 g/mol. The summed E-state index contributed by atoms with van der Waals surface area (Å²) in [5, 5.41) is 2.64. The van der Waals surface area contributed by atoms with Gasteiger partial charge in [-0.3, -0.25) is 5.32 Å². The van der Waals surface area contributed by atoms with Gasteiger partial charge >= 0.3 is 6.09 Å². The lowest BCUT2D eigenvalue weighted by molar-refractivity contribution is 0.142. The first-order valence-electron chi connectivity index (χ1n) is 4.88. The van der Waals surface area contributed by atoms with Crippen LogP contribution in [0.3, 0.4) is 0 Å². The molecule has 3 heteroatoms.